The Morgan fingerprint density at radius 1 is 1.36 bits per heavy atom. The molecule has 1 fully saturated rings. The van der Waals surface area contributed by atoms with Gasteiger partial charge in [-0.15, -0.1) is 0 Å². The topological polar surface area (TPSA) is 85.8 Å². The van der Waals surface area contributed by atoms with Crippen LogP contribution in [0, 0.1) is 12.8 Å². The van der Waals surface area contributed by atoms with E-state index in [4.69, 9.17) is 14.9 Å². The molecule has 0 saturated carbocycles. The molecule has 1 aromatic heterocycles. The van der Waals surface area contributed by atoms with Crippen LogP contribution in [-0.4, -0.2) is 36.5 Å². The van der Waals surface area contributed by atoms with Crippen molar-refractivity contribution in [2.45, 2.75) is 52.6 Å². The monoisotopic (exact) mass is 386 g/mol. The summed E-state index contributed by atoms with van der Waals surface area (Å²) in [4.78, 5) is 26.6. The summed E-state index contributed by atoms with van der Waals surface area (Å²) in [6.45, 7) is 7.83. The number of likely N-dealkylation sites (tertiary alicyclic amines) is 1. The molecule has 1 saturated heterocycles. The number of ether oxygens (including phenoxy) is 1. The van der Waals surface area contributed by atoms with E-state index in [1.165, 1.54) is 0 Å². The first-order chi connectivity index (χ1) is 13.4. The van der Waals surface area contributed by atoms with E-state index in [9.17, 15) is 9.59 Å². The fraction of sp³-hybridized carbons (Fsp3) is 0.545. The second-order valence-corrected chi connectivity index (χ2v) is 7.67. The van der Waals surface area contributed by atoms with Crippen molar-refractivity contribution in [3.63, 3.8) is 0 Å². The van der Waals surface area contributed by atoms with E-state index in [-0.39, 0.29) is 11.5 Å². The van der Waals surface area contributed by atoms with Gasteiger partial charge >= 0.3 is 5.63 Å². The molecule has 6 heteroatoms. The van der Waals surface area contributed by atoms with E-state index in [2.05, 4.69) is 6.92 Å². The molecule has 1 aromatic carbocycles. The zero-order chi connectivity index (χ0) is 20.3. The minimum Gasteiger partial charge on any atom is -0.480 e. The number of hydrogen-bond donors (Lipinski definition) is 1. The van der Waals surface area contributed by atoms with Crippen LogP contribution in [0.15, 0.2) is 27.4 Å². The highest BCUT2D eigenvalue weighted by atomic mass is 16.5. The molecule has 152 valence electrons. The van der Waals surface area contributed by atoms with Crippen LogP contribution in [0.25, 0.3) is 11.0 Å². The lowest BCUT2D eigenvalue weighted by Crippen LogP contribution is -2.45. The van der Waals surface area contributed by atoms with E-state index < -0.39 is 6.10 Å². The molecule has 0 spiro atoms. The maximum absolute atomic E-state index is 12.8. The van der Waals surface area contributed by atoms with Gasteiger partial charge in [-0.3, -0.25) is 4.79 Å². The Bertz CT molecular complexity index is 897. The molecular weight excluding hydrogens is 356 g/mol. The normalized spacial score (nSPS) is 16.4. The highest BCUT2D eigenvalue weighted by Gasteiger charge is 2.27. The standard InChI is InChI=1S/C22H30N2O4/c1-4-5-17-12-20(25)28-21-14(2)19(7-6-18(17)21)27-15(3)22(26)24-10-8-16(13-23)9-11-24/h6-7,12,15-16H,4-5,8-11,13,23H2,1-3H3. The Morgan fingerprint density at radius 3 is 2.71 bits per heavy atom. The number of nitrogens with two attached hydrogens (primary N) is 1. The van der Waals surface area contributed by atoms with Crippen LogP contribution in [0.2, 0.25) is 0 Å². The molecule has 1 amide bonds. The van der Waals surface area contributed by atoms with Crippen LogP contribution in [0.5, 0.6) is 5.75 Å². The molecule has 2 aromatic rings. The number of piperidine rings is 1. The van der Waals surface area contributed by atoms with Gasteiger partial charge in [0.2, 0.25) is 0 Å². The van der Waals surface area contributed by atoms with Crippen LogP contribution in [0.4, 0.5) is 0 Å². The first-order valence-electron chi connectivity index (χ1n) is 10.2. The molecule has 28 heavy (non-hydrogen) atoms. The third-order valence-corrected chi connectivity index (χ3v) is 5.63. The van der Waals surface area contributed by atoms with E-state index in [1.54, 1.807) is 13.0 Å². The molecule has 6 nitrogen and oxygen atoms in total. The van der Waals surface area contributed by atoms with Crippen molar-refractivity contribution in [1.29, 1.82) is 0 Å². The summed E-state index contributed by atoms with van der Waals surface area (Å²) in [7, 11) is 0. The third kappa shape index (κ3) is 4.22. The van der Waals surface area contributed by atoms with Crippen molar-refractivity contribution in [3.8, 4) is 5.75 Å². The fourth-order valence-corrected chi connectivity index (χ4v) is 3.90. The van der Waals surface area contributed by atoms with Gasteiger partial charge in [-0.1, -0.05) is 13.3 Å². The Kier molecular flexibility index (Phi) is 6.39. The Balaban J connectivity index is 1.79. The van der Waals surface area contributed by atoms with E-state index in [1.807, 2.05) is 24.0 Å². The molecule has 3 rings (SSSR count). The molecule has 0 radical (unpaired) electrons. The molecule has 1 atom stereocenters. The number of amides is 1. The highest BCUT2D eigenvalue weighted by Crippen LogP contribution is 2.30. The lowest BCUT2D eigenvalue weighted by atomic mass is 9.97. The summed E-state index contributed by atoms with van der Waals surface area (Å²) >= 11 is 0. The number of hydrogen-bond acceptors (Lipinski definition) is 5. The molecule has 1 aliphatic heterocycles. The maximum atomic E-state index is 12.8. The van der Waals surface area contributed by atoms with E-state index in [0.29, 0.717) is 23.8 Å². The fourth-order valence-electron chi connectivity index (χ4n) is 3.90. The van der Waals surface area contributed by atoms with Crippen molar-refractivity contribution < 1.29 is 13.9 Å². The number of benzene rings is 1. The SMILES string of the molecule is CCCc1cc(=O)oc2c(C)c(OC(C)C(=O)N3CCC(CN)CC3)ccc12. The average Bonchev–Trinajstić information content (AvgIpc) is 2.70. The van der Waals surface area contributed by atoms with Gasteiger partial charge in [0.25, 0.3) is 5.91 Å². The molecule has 0 bridgehead atoms. The van der Waals surface area contributed by atoms with Gasteiger partial charge < -0.3 is 19.8 Å². The van der Waals surface area contributed by atoms with Crippen molar-refractivity contribution in [1.82, 2.24) is 4.90 Å². The second-order valence-electron chi connectivity index (χ2n) is 7.67. The van der Waals surface area contributed by atoms with Gasteiger partial charge in [-0.2, -0.15) is 0 Å². The minimum absolute atomic E-state index is 0.0174. The lowest BCUT2D eigenvalue weighted by molar-refractivity contribution is -0.139. The number of nitrogens with zero attached hydrogens (tertiary/aromatic N) is 1. The molecule has 1 unspecified atom stereocenters. The zero-order valence-electron chi connectivity index (χ0n) is 17.0. The summed E-state index contributed by atoms with van der Waals surface area (Å²) < 4.78 is 11.4. The number of aryl methyl sites for hydroxylation is 2. The molecule has 2 N–H and O–H groups in total. The van der Waals surface area contributed by atoms with Crippen molar-refractivity contribution in [3.05, 3.63) is 39.7 Å². The summed E-state index contributed by atoms with van der Waals surface area (Å²) in [5, 5.41) is 0.925. The van der Waals surface area contributed by atoms with Crippen LogP contribution in [0.3, 0.4) is 0 Å². The smallest absolute Gasteiger partial charge is 0.336 e. The van der Waals surface area contributed by atoms with Crippen LogP contribution in [-0.2, 0) is 11.2 Å². The quantitative estimate of drug-likeness (QED) is 0.771. The van der Waals surface area contributed by atoms with Crippen molar-refractivity contribution in [2.75, 3.05) is 19.6 Å². The number of carbonyl (C=O) groups excluding carboxylic acids is 1. The number of fused-ring (bicyclic) bond motifs is 1. The minimum atomic E-state index is -0.601. The van der Waals surface area contributed by atoms with Gasteiger partial charge in [0.15, 0.2) is 6.10 Å². The number of rotatable bonds is 6. The van der Waals surface area contributed by atoms with Gasteiger partial charge in [0, 0.05) is 30.1 Å². The Morgan fingerprint density at radius 2 is 2.07 bits per heavy atom. The average molecular weight is 386 g/mol. The summed E-state index contributed by atoms with van der Waals surface area (Å²) in [6.07, 6.45) is 3.04. The van der Waals surface area contributed by atoms with Crippen LogP contribution in [0.1, 0.15) is 44.2 Å². The van der Waals surface area contributed by atoms with Crippen LogP contribution < -0.4 is 16.1 Å². The Labute approximate surface area is 165 Å². The summed E-state index contributed by atoms with van der Waals surface area (Å²) in [5.41, 5.74) is 7.64. The van der Waals surface area contributed by atoms with E-state index in [0.717, 1.165) is 55.3 Å². The predicted molar refractivity (Wildman–Crippen MR) is 110 cm³/mol. The Hall–Kier alpha value is -2.34. The zero-order valence-corrected chi connectivity index (χ0v) is 17.0. The lowest BCUT2D eigenvalue weighted by Gasteiger charge is -2.33. The van der Waals surface area contributed by atoms with Crippen LogP contribution >= 0.6 is 0 Å². The predicted octanol–water partition coefficient (Wildman–Crippen LogP) is 3.02. The molecule has 1 aliphatic rings. The van der Waals surface area contributed by atoms with Gasteiger partial charge in [-0.05, 0) is 63.3 Å². The first-order valence-corrected chi connectivity index (χ1v) is 10.2. The van der Waals surface area contributed by atoms with Gasteiger partial charge in [0.1, 0.15) is 11.3 Å². The largest absolute Gasteiger partial charge is 0.480 e. The maximum Gasteiger partial charge on any atom is 0.336 e. The van der Waals surface area contributed by atoms with Gasteiger partial charge in [0.05, 0.1) is 0 Å². The molecule has 2 heterocycles. The summed E-state index contributed by atoms with van der Waals surface area (Å²) in [5.74, 6) is 1.06. The molecular formula is C22H30N2O4. The van der Waals surface area contributed by atoms with Gasteiger partial charge in [-0.25, -0.2) is 4.79 Å². The third-order valence-electron chi connectivity index (χ3n) is 5.63. The second kappa shape index (κ2) is 8.78. The highest BCUT2D eigenvalue weighted by molar-refractivity contribution is 5.85. The van der Waals surface area contributed by atoms with Crippen molar-refractivity contribution in [2.24, 2.45) is 11.7 Å². The molecule has 0 aliphatic carbocycles. The summed E-state index contributed by atoms with van der Waals surface area (Å²) in [6, 6.07) is 5.33. The first kappa shape index (κ1) is 20.4. The number of carbonyl (C=O) groups is 1. The van der Waals surface area contributed by atoms with Crippen molar-refractivity contribution >= 4 is 16.9 Å². The van der Waals surface area contributed by atoms with E-state index >= 15 is 0 Å².